The smallest absolute Gasteiger partial charge is 0.300 e. The van der Waals surface area contributed by atoms with Crippen molar-refractivity contribution < 1.29 is 14.7 Å². The highest BCUT2D eigenvalue weighted by molar-refractivity contribution is 5.80. The average Bonchev–Trinajstić information content (AvgIpc) is 2.49. The quantitative estimate of drug-likeness (QED) is 0.662. The minimum atomic E-state index is -0.833. The predicted octanol–water partition coefficient (Wildman–Crippen LogP) is 0.0469. The molecule has 1 fully saturated rings. The first-order valence-corrected chi connectivity index (χ1v) is 4.72. The zero-order valence-electron chi connectivity index (χ0n) is 8.69. The lowest BCUT2D eigenvalue weighted by atomic mass is 10.2. The number of primary amides is 1. The molecule has 0 aromatic carbocycles. The molecule has 0 spiro atoms. The van der Waals surface area contributed by atoms with Gasteiger partial charge in [0.1, 0.15) is 0 Å². The highest BCUT2D eigenvalue weighted by Crippen LogP contribution is 2.15. The third-order valence-electron chi connectivity index (χ3n) is 2.10. The lowest BCUT2D eigenvalue weighted by molar-refractivity contribution is -0.134. The van der Waals surface area contributed by atoms with E-state index in [1.807, 2.05) is 0 Å². The van der Waals surface area contributed by atoms with E-state index in [4.69, 9.17) is 15.6 Å². The number of likely N-dealkylation sites (N-methyl/N-ethyl adjacent to an activating group) is 1. The molecule has 0 radical (unpaired) electrons. The number of rotatable bonds is 2. The van der Waals surface area contributed by atoms with Crippen LogP contribution in [-0.4, -0.2) is 41.0 Å². The summed E-state index contributed by atoms with van der Waals surface area (Å²) in [5, 5.41) is 7.42. The summed E-state index contributed by atoms with van der Waals surface area (Å²) in [5.74, 6) is -1.00. The van der Waals surface area contributed by atoms with Crippen LogP contribution in [0.25, 0.3) is 0 Å². The van der Waals surface area contributed by atoms with Crippen molar-refractivity contribution in [1.82, 2.24) is 4.90 Å². The third kappa shape index (κ3) is 4.81. The van der Waals surface area contributed by atoms with Gasteiger partial charge in [-0.25, -0.2) is 0 Å². The number of amides is 1. The van der Waals surface area contributed by atoms with Crippen molar-refractivity contribution in [1.29, 1.82) is 0 Å². The van der Waals surface area contributed by atoms with Crippen molar-refractivity contribution in [3.63, 3.8) is 0 Å². The topological polar surface area (TPSA) is 83.6 Å². The average molecular weight is 202 g/mol. The second-order valence-electron chi connectivity index (χ2n) is 3.21. The number of carboxylic acid groups (broad SMARTS) is 1. The van der Waals surface area contributed by atoms with E-state index in [0.717, 1.165) is 32.9 Å². The van der Waals surface area contributed by atoms with E-state index < -0.39 is 5.97 Å². The van der Waals surface area contributed by atoms with Crippen LogP contribution in [0.4, 0.5) is 0 Å². The first kappa shape index (κ1) is 12.9. The van der Waals surface area contributed by atoms with Gasteiger partial charge in [-0.1, -0.05) is 6.92 Å². The minimum Gasteiger partial charge on any atom is -0.481 e. The van der Waals surface area contributed by atoms with Crippen molar-refractivity contribution in [3.05, 3.63) is 0 Å². The van der Waals surface area contributed by atoms with Crippen LogP contribution in [0.2, 0.25) is 0 Å². The summed E-state index contributed by atoms with van der Waals surface area (Å²) in [6, 6.07) is 0.0185. The van der Waals surface area contributed by atoms with Gasteiger partial charge in [0.05, 0.1) is 6.04 Å². The molecule has 1 heterocycles. The van der Waals surface area contributed by atoms with Gasteiger partial charge in [-0.2, -0.15) is 0 Å². The molecule has 14 heavy (non-hydrogen) atoms. The molecule has 0 aliphatic carbocycles. The number of hydrogen-bond acceptors (Lipinski definition) is 3. The van der Waals surface area contributed by atoms with Crippen LogP contribution in [-0.2, 0) is 9.59 Å². The first-order chi connectivity index (χ1) is 6.49. The van der Waals surface area contributed by atoms with Crippen molar-refractivity contribution in [3.8, 4) is 0 Å². The first-order valence-electron chi connectivity index (χ1n) is 4.72. The zero-order valence-corrected chi connectivity index (χ0v) is 8.69. The molecule has 3 N–H and O–H groups in total. The fourth-order valence-electron chi connectivity index (χ4n) is 1.53. The van der Waals surface area contributed by atoms with Crippen LogP contribution < -0.4 is 5.73 Å². The number of hydrogen-bond donors (Lipinski definition) is 2. The molecule has 1 saturated heterocycles. The number of nitrogens with zero attached hydrogens (tertiary/aromatic N) is 1. The number of carbonyl (C=O) groups is 2. The van der Waals surface area contributed by atoms with Crippen molar-refractivity contribution >= 4 is 11.9 Å². The molecule has 0 aromatic heterocycles. The van der Waals surface area contributed by atoms with E-state index in [1.165, 1.54) is 0 Å². The molecular weight excluding hydrogens is 184 g/mol. The number of likely N-dealkylation sites (tertiary alicyclic amines) is 1. The Morgan fingerprint density at radius 1 is 1.57 bits per heavy atom. The Balaban J connectivity index is 0.000000364. The number of nitrogens with two attached hydrogens (primary N) is 1. The number of aliphatic carboxylic acids is 1. The molecule has 1 atom stereocenters. The van der Waals surface area contributed by atoms with Crippen LogP contribution >= 0.6 is 0 Å². The Labute approximate surface area is 83.9 Å². The Kier molecular flexibility index (Phi) is 5.87. The maximum absolute atomic E-state index is 10.8. The van der Waals surface area contributed by atoms with Crippen LogP contribution in [0.5, 0.6) is 0 Å². The Morgan fingerprint density at radius 2 is 2.07 bits per heavy atom. The molecule has 0 saturated carbocycles. The molecule has 1 aliphatic rings. The summed E-state index contributed by atoms with van der Waals surface area (Å²) in [6.45, 7) is 5.11. The second-order valence-corrected chi connectivity index (χ2v) is 3.21. The van der Waals surface area contributed by atoms with Gasteiger partial charge in [0.2, 0.25) is 5.91 Å². The van der Waals surface area contributed by atoms with Crippen molar-refractivity contribution in [2.75, 3.05) is 13.1 Å². The van der Waals surface area contributed by atoms with Crippen LogP contribution in [0.15, 0.2) is 0 Å². The van der Waals surface area contributed by atoms with Crippen LogP contribution in [0.3, 0.4) is 0 Å². The summed E-state index contributed by atoms with van der Waals surface area (Å²) in [5.41, 5.74) is 5.18. The molecule has 5 nitrogen and oxygen atoms in total. The molecular formula is C9H18N2O3. The summed E-state index contributed by atoms with van der Waals surface area (Å²) in [7, 11) is 0. The molecule has 0 bridgehead atoms. The highest BCUT2D eigenvalue weighted by Gasteiger charge is 2.26. The predicted molar refractivity (Wildman–Crippen MR) is 52.8 cm³/mol. The standard InChI is InChI=1S/C7H14N2O.C2H4O2/c1-2-9-5-3-4-6(9)7(8)10;1-2(3)4/h6H,2-5H2,1H3,(H2,8,10);1H3,(H,3,4)/t6-;/m0./s1. The normalized spacial score (nSPS) is 21.1. The largest absolute Gasteiger partial charge is 0.481 e. The monoisotopic (exact) mass is 202 g/mol. The molecule has 1 rings (SSSR count). The van der Waals surface area contributed by atoms with Crippen molar-refractivity contribution in [2.45, 2.75) is 32.7 Å². The SMILES string of the molecule is CC(=O)O.CCN1CCC[C@H]1C(N)=O. The molecule has 0 unspecified atom stereocenters. The number of carboxylic acids is 1. The third-order valence-corrected chi connectivity index (χ3v) is 2.10. The van der Waals surface area contributed by atoms with E-state index in [9.17, 15) is 4.79 Å². The summed E-state index contributed by atoms with van der Waals surface area (Å²) in [4.78, 5) is 21.9. The van der Waals surface area contributed by atoms with Gasteiger partial charge in [-0.05, 0) is 25.9 Å². The molecule has 5 heteroatoms. The fourth-order valence-corrected chi connectivity index (χ4v) is 1.53. The van der Waals surface area contributed by atoms with Gasteiger partial charge in [0, 0.05) is 6.92 Å². The van der Waals surface area contributed by atoms with E-state index in [-0.39, 0.29) is 11.9 Å². The highest BCUT2D eigenvalue weighted by atomic mass is 16.4. The van der Waals surface area contributed by atoms with Crippen LogP contribution in [0, 0.1) is 0 Å². The Hall–Kier alpha value is -1.10. The minimum absolute atomic E-state index is 0.0185. The maximum atomic E-state index is 10.8. The van der Waals surface area contributed by atoms with Gasteiger partial charge < -0.3 is 10.8 Å². The molecule has 82 valence electrons. The van der Waals surface area contributed by atoms with Gasteiger partial charge in [-0.3, -0.25) is 14.5 Å². The molecule has 1 amide bonds. The lowest BCUT2D eigenvalue weighted by Gasteiger charge is -2.18. The van der Waals surface area contributed by atoms with E-state index in [1.54, 1.807) is 0 Å². The Morgan fingerprint density at radius 3 is 2.36 bits per heavy atom. The van der Waals surface area contributed by atoms with Crippen molar-refractivity contribution in [2.24, 2.45) is 5.73 Å². The second kappa shape index (κ2) is 6.37. The Bertz CT molecular complexity index is 202. The van der Waals surface area contributed by atoms with Gasteiger partial charge >= 0.3 is 0 Å². The number of carbonyl (C=O) groups excluding carboxylic acids is 1. The van der Waals surface area contributed by atoms with Crippen LogP contribution in [0.1, 0.15) is 26.7 Å². The van der Waals surface area contributed by atoms with Gasteiger partial charge in [0.25, 0.3) is 5.97 Å². The molecule has 1 aliphatic heterocycles. The maximum Gasteiger partial charge on any atom is 0.300 e. The van der Waals surface area contributed by atoms with E-state index in [0.29, 0.717) is 0 Å². The zero-order chi connectivity index (χ0) is 11.1. The fraction of sp³-hybridized carbons (Fsp3) is 0.778. The summed E-state index contributed by atoms with van der Waals surface area (Å²) in [6.07, 6.45) is 2.06. The summed E-state index contributed by atoms with van der Waals surface area (Å²) < 4.78 is 0. The van der Waals surface area contributed by atoms with E-state index in [2.05, 4.69) is 11.8 Å². The summed E-state index contributed by atoms with van der Waals surface area (Å²) >= 11 is 0. The lowest BCUT2D eigenvalue weighted by Crippen LogP contribution is -2.39. The molecule has 0 aromatic rings. The van der Waals surface area contributed by atoms with Gasteiger partial charge in [-0.15, -0.1) is 0 Å². The van der Waals surface area contributed by atoms with Gasteiger partial charge in [0.15, 0.2) is 0 Å². The van der Waals surface area contributed by atoms with E-state index >= 15 is 0 Å².